The van der Waals surface area contributed by atoms with Crippen molar-refractivity contribution < 1.29 is 4.79 Å². The molecule has 21 heavy (non-hydrogen) atoms. The largest absolute Gasteiger partial charge is 0.356 e. The summed E-state index contributed by atoms with van der Waals surface area (Å²) in [6.45, 7) is 1.31. The smallest absolute Gasteiger partial charge is 0.220 e. The topological polar surface area (TPSA) is 68.0 Å². The predicted molar refractivity (Wildman–Crippen MR) is 87.4 cm³/mol. The molecule has 1 saturated carbocycles. The van der Waals surface area contributed by atoms with Crippen molar-refractivity contribution in [2.45, 2.75) is 44.9 Å². The van der Waals surface area contributed by atoms with E-state index in [1.807, 2.05) is 12.1 Å². The number of hydrogen-bond acceptors (Lipinski definition) is 3. The second-order valence-electron chi connectivity index (χ2n) is 5.90. The highest BCUT2D eigenvalue weighted by Gasteiger charge is 2.32. The number of nitrogens with zero attached hydrogens (tertiary/aromatic N) is 1. The molecular formula is C16H26ClN3O. The summed E-state index contributed by atoms with van der Waals surface area (Å²) in [6.07, 6.45) is 10.9. The minimum absolute atomic E-state index is 0. The number of amides is 1. The van der Waals surface area contributed by atoms with Crippen molar-refractivity contribution in [2.75, 3.05) is 13.1 Å². The molecule has 0 unspecified atom stereocenters. The van der Waals surface area contributed by atoms with Crippen molar-refractivity contribution in [1.82, 2.24) is 10.3 Å². The van der Waals surface area contributed by atoms with Gasteiger partial charge in [-0.15, -0.1) is 12.4 Å². The third kappa shape index (κ3) is 5.64. The Morgan fingerprint density at radius 1 is 1.24 bits per heavy atom. The molecule has 1 aliphatic carbocycles. The minimum Gasteiger partial charge on any atom is -0.356 e. The highest BCUT2D eigenvalue weighted by Crippen LogP contribution is 2.38. The quantitative estimate of drug-likeness (QED) is 0.848. The molecule has 1 aromatic heterocycles. The maximum absolute atomic E-state index is 12.1. The highest BCUT2D eigenvalue weighted by atomic mass is 35.5. The van der Waals surface area contributed by atoms with Crippen LogP contribution in [0.5, 0.6) is 0 Å². The molecule has 0 spiro atoms. The van der Waals surface area contributed by atoms with Crippen molar-refractivity contribution in [1.29, 1.82) is 0 Å². The Labute approximate surface area is 133 Å². The lowest BCUT2D eigenvalue weighted by atomic mass is 9.71. The van der Waals surface area contributed by atoms with Gasteiger partial charge in [-0.2, -0.15) is 0 Å². The molecular weight excluding hydrogens is 286 g/mol. The minimum atomic E-state index is 0. The first-order valence-corrected chi connectivity index (χ1v) is 7.60. The van der Waals surface area contributed by atoms with Crippen LogP contribution in [-0.4, -0.2) is 24.0 Å². The number of halogens is 1. The van der Waals surface area contributed by atoms with E-state index in [0.717, 1.165) is 19.3 Å². The predicted octanol–water partition coefficient (Wildman–Crippen LogP) is 2.46. The fourth-order valence-electron chi connectivity index (χ4n) is 3.05. The van der Waals surface area contributed by atoms with Crippen molar-refractivity contribution in [3.8, 4) is 0 Å². The molecule has 118 valence electrons. The van der Waals surface area contributed by atoms with Gasteiger partial charge in [0.25, 0.3) is 0 Å². The Kier molecular flexibility index (Phi) is 7.68. The average Bonchev–Trinajstić information content (AvgIpc) is 2.49. The van der Waals surface area contributed by atoms with Crippen LogP contribution in [0.1, 0.15) is 44.1 Å². The van der Waals surface area contributed by atoms with Gasteiger partial charge in [0.1, 0.15) is 0 Å². The maximum atomic E-state index is 12.1. The van der Waals surface area contributed by atoms with E-state index in [1.54, 1.807) is 12.4 Å². The number of nitrogens with two attached hydrogens (primary N) is 1. The normalized spacial score (nSPS) is 16.8. The van der Waals surface area contributed by atoms with Gasteiger partial charge in [-0.3, -0.25) is 9.78 Å². The lowest BCUT2D eigenvalue weighted by molar-refractivity contribution is -0.123. The summed E-state index contributed by atoms with van der Waals surface area (Å²) < 4.78 is 0. The van der Waals surface area contributed by atoms with Crippen LogP contribution in [0.15, 0.2) is 24.5 Å². The Morgan fingerprint density at radius 2 is 1.90 bits per heavy atom. The van der Waals surface area contributed by atoms with E-state index in [2.05, 4.69) is 10.3 Å². The summed E-state index contributed by atoms with van der Waals surface area (Å²) in [4.78, 5) is 16.1. The van der Waals surface area contributed by atoms with Gasteiger partial charge < -0.3 is 11.1 Å². The molecule has 1 heterocycles. The van der Waals surface area contributed by atoms with Crippen molar-refractivity contribution in [3.05, 3.63) is 30.1 Å². The standard InChI is InChI=1S/C16H25N3O.ClH/c17-13-16(7-2-1-3-8-16)12-15(20)19-11-6-14-4-9-18-10-5-14;/h4-5,9-10H,1-3,6-8,11-13,17H2,(H,19,20);1H. The van der Waals surface area contributed by atoms with Gasteiger partial charge in [0.05, 0.1) is 0 Å². The zero-order valence-corrected chi connectivity index (χ0v) is 13.3. The van der Waals surface area contributed by atoms with Gasteiger partial charge in [-0.1, -0.05) is 19.3 Å². The lowest BCUT2D eigenvalue weighted by Crippen LogP contribution is -2.39. The van der Waals surface area contributed by atoms with E-state index in [1.165, 1.54) is 24.8 Å². The summed E-state index contributed by atoms with van der Waals surface area (Å²) in [7, 11) is 0. The van der Waals surface area contributed by atoms with Gasteiger partial charge in [0, 0.05) is 25.4 Å². The number of nitrogens with one attached hydrogen (secondary N) is 1. The van der Waals surface area contributed by atoms with Crippen molar-refractivity contribution >= 4 is 18.3 Å². The van der Waals surface area contributed by atoms with Crippen molar-refractivity contribution in [2.24, 2.45) is 11.1 Å². The molecule has 1 aliphatic rings. The molecule has 4 nitrogen and oxygen atoms in total. The fraction of sp³-hybridized carbons (Fsp3) is 0.625. The third-order valence-corrected chi connectivity index (χ3v) is 4.37. The molecule has 0 saturated heterocycles. The molecule has 3 N–H and O–H groups in total. The summed E-state index contributed by atoms with van der Waals surface area (Å²) in [5, 5.41) is 3.02. The lowest BCUT2D eigenvalue weighted by Gasteiger charge is -2.35. The number of carbonyl (C=O) groups is 1. The molecule has 1 fully saturated rings. The highest BCUT2D eigenvalue weighted by molar-refractivity contribution is 5.85. The number of rotatable bonds is 6. The zero-order valence-electron chi connectivity index (χ0n) is 12.5. The Balaban J connectivity index is 0.00000220. The SMILES string of the molecule is Cl.NCC1(CC(=O)NCCc2ccncc2)CCCCC1. The van der Waals surface area contributed by atoms with Gasteiger partial charge in [0.15, 0.2) is 0 Å². The maximum Gasteiger partial charge on any atom is 0.220 e. The van der Waals surface area contributed by atoms with E-state index in [9.17, 15) is 4.79 Å². The number of pyridine rings is 1. The van der Waals surface area contributed by atoms with Gasteiger partial charge in [-0.05, 0) is 48.9 Å². The molecule has 0 aliphatic heterocycles. The second kappa shape index (κ2) is 9.00. The average molecular weight is 312 g/mol. The Morgan fingerprint density at radius 3 is 2.52 bits per heavy atom. The summed E-state index contributed by atoms with van der Waals surface area (Å²) in [6, 6.07) is 3.96. The van der Waals surface area contributed by atoms with Crippen LogP contribution in [-0.2, 0) is 11.2 Å². The molecule has 1 aromatic rings. The van der Waals surface area contributed by atoms with Crippen LogP contribution in [0, 0.1) is 5.41 Å². The van der Waals surface area contributed by atoms with Crippen LogP contribution >= 0.6 is 12.4 Å². The number of aromatic nitrogens is 1. The second-order valence-corrected chi connectivity index (χ2v) is 5.90. The molecule has 0 aromatic carbocycles. The summed E-state index contributed by atoms with van der Waals surface area (Å²) >= 11 is 0. The van der Waals surface area contributed by atoms with Crippen LogP contribution in [0.2, 0.25) is 0 Å². The summed E-state index contributed by atoms with van der Waals surface area (Å²) in [5.41, 5.74) is 7.17. The zero-order chi connectivity index (χ0) is 14.3. The van der Waals surface area contributed by atoms with E-state index >= 15 is 0 Å². The van der Waals surface area contributed by atoms with E-state index in [-0.39, 0.29) is 23.7 Å². The third-order valence-electron chi connectivity index (χ3n) is 4.37. The van der Waals surface area contributed by atoms with Crippen LogP contribution in [0.25, 0.3) is 0 Å². The molecule has 2 rings (SSSR count). The van der Waals surface area contributed by atoms with Crippen molar-refractivity contribution in [3.63, 3.8) is 0 Å². The Hall–Kier alpha value is -1.13. The van der Waals surface area contributed by atoms with Crippen LogP contribution in [0.3, 0.4) is 0 Å². The molecule has 0 bridgehead atoms. The van der Waals surface area contributed by atoms with E-state index in [0.29, 0.717) is 19.5 Å². The van der Waals surface area contributed by atoms with E-state index < -0.39 is 0 Å². The summed E-state index contributed by atoms with van der Waals surface area (Å²) in [5.74, 6) is 0.145. The van der Waals surface area contributed by atoms with Gasteiger partial charge in [0.2, 0.25) is 5.91 Å². The first-order chi connectivity index (χ1) is 9.74. The molecule has 5 heteroatoms. The van der Waals surface area contributed by atoms with Gasteiger partial charge in [-0.25, -0.2) is 0 Å². The molecule has 0 radical (unpaired) electrons. The number of carbonyl (C=O) groups excluding carboxylic acids is 1. The first kappa shape index (κ1) is 17.9. The number of hydrogen-bond donors (Lipinski definition) is 2. The van der Waals surface area contributed by atoms with Crippen LogP contribution < -0.4 is 11.1 Å². The molecule has 0 atom stereocenters. The molecule has 1 amide bonds. The fourth-order valence-corrected chi connectivity index (χ4v) is 3.05. The first-order valence-electron chi connectivity index (χ1n) is 7.60. The Bertz CT molecular complexity index is 419. The van der Waals surface area contributed by atoms with Gasteiger partial charge >= 0.3 is 0 Å². The van der Waals surface area contributed by atoms with E-state index in [4.69, 9.17) is 5.73 Å². The monoisotopic (exact) mass is 311 g/mol. The van der Waals surface area contributed by atoms with Crippen LogP contribution in [0.4, 0.5) is 0 Å².